The van der Waals surface area contributed by atoms with Gasteiger partial charge in [-0.15, -0.1) is 11.3 Å². The van der Waals surface area contributed by atoms with Crippen LogP contribution >= 0.6 is 11.3 Å². The van der Waals surface area contributed by atoms with Crippen molar-refractivity contribution < 1.29 is 4.74 Å². The third-order valence-electron chi connectivity index (χ3n) is 3.26. The van der Waals surface area contributed by atoms with Crippen molar-refractivity contribution in [3.05, 3.63) is 15.6 Å². The van der Waals surface area contributed by atoms with Gasteiger partial charge in [-0.2, -0.15) is 0 Å². The van der Waals surface area contributed by atoms with Crippen LogP contribution in [0.4, 0.5) is 0 Å². The highest BCUT2D eigenvalue weighted by molar-refractivity contribution is 7.11. The second kappa shape index (κ2) is 5.94. The predicted molar refractivity (Wildman–Crippen MR) is 71.6 cm³/mol. The van der Waals surface area contributed by atoms with Crippen LogP contribution < -0.4 is 5.32 Å². The van der Waals surface area contributed by atoms with Gasteiger partial charge in [-0.05, 0) is 40.0 Å². The molecule has 1 saturated heterocycles. The van der Waals surface area contributed by atoms with Crippen molar-refractivity contribution in [2.45, 2.75) is 52.2 Å². The average Bonchev–Trinajstić information content (AvgIpc) is 2.67. The molecule has 0 aliphatic carbocycles. The molecule has 0 aromatic carbocycles. The smallest absolute Gasteiger partial charge is 0.0900 e. The summed E-state index contributed by atoms with van der Waals surface area (Å²) in [6.45, 7) is 8.26. The lowest BCUT2D eigenvalue weighted by atomic mass is 10.1. The first-order valence-electron chi connectivity index (χ1n) is 6.45. The van der Waals surface area contributed by atoms with Crippen LogP contribution in [0.5, 0.6) is 0 Å². The van der Waals surface area contributed by atoms with Gasteiger partial charge in [-0.25, -0.2) is 4.98 Å². The Balaban J connectivity index is 1.84. The minimum atomic E-state index is 0.381. The zero-order valence-electron chi connectivity index (χ0n) is 11.0. The molecule has 0 bridgehead atoms. The molecule has 0 radical (unpaired) electrons. The maximum absolute atomic E-state index is 5.72. The van der Waals surface area contributed by atoms with Gasteiger partial charge in [-0.3, -0.25) is 0 Å². The Bertz CT molecular complexity index is 358. The van der Waals surface area contributed by atoms with Crippen LogP contribution in [0.1, 0.15) is 47.8 Å². The quantitative estimate of drug-likeness (QED) is 0.897. The maximum Gasteiger partial charge on any atom is 0.0900 e. The highest BCUT2D eigenvalue weighted by atomic mass is 32.1. The summed E-state index contributed by atoms with van der Waals surface area (Å²) in [6.07, 6.45) is 4.12. The lowest BCUT2D eigenvalue weighted by molar-refractivity contribution is 0.0157. The molecule has 2 rings (SSSR count). The van der Waals surface area contributed by atoms with Crippen LogP contribution in [0, 0.1) is 13.8 Å². The molecule has 1 aliphatic heterocycles. The number of nitrogens with one attached hydrogen (secondary N) is 1. The zero-order chi connectivity index (χ0) is 12.3. The van der Waals surface area contributed by atoms with Crippen LogP contribution in [0.2, 0.25) is 0 Å². The SMILES string of the molecule is Cc1nc(C)c(C(C)NCC2CCCCO2)s1. The van der Waals surface area contributed by atoms with Gasteiger partial charge in [0, 0.05) is 24.1 Å². The summed E-state index contributed by atoms with van der Waals surface area (Å²) < 4.78 is 5.72. The predicted octanol–water partition coefficient (Wildman–Crippen LogP) is 2.98. The number of aryl methyl sites for hydroxylation is 2. The normalized spacial score (nSPS) is 22.6. The molecule has 4 heteroatoms. The van der Waals surface area contributed by atoms with E-state index in [2.05, 4.69) is 31.1 Å². The minimum absolute atomic E-state index is 0.381. The number of hydrogen-bond donors (Lipinski definition) is 1. The van der Waals surface area contributed by atoms with Crippen molar-refractivity contribution in [3.8, 4) is 0 Å². The van der Waals surface area contributed by atoms with Crippen molar-refractivity contribution in [1.82, 2.24) is 10.3 Å². The summed E-state index contributed by atoms with van der Waals surface area (Å²) in [4.78, 5) is 5.83. The van der Waals surface area contributed by atoms with Gasteiger partial charge in [0.15, 0.2) is 0 Å². The largest absolute Gasteiger partial charge is 0.377 e. The Morgan fingerprint density at radius 1 is 1.47 bits per heavy atom. The number of thiazole rings is 1. The number of nitrogens with zero attached hydrogens (tertiary/aromatic N) is 1. The summed E-state index contributed by atoms with van der Waals surface area (Å²) >= 11 is 1.79. The first-order valence-corrected chi connectivity index (χ1v) is 7.27. The molecule has 0 amide bonds. The first-order chi connectivity index (χ1) is 8.16. The van der Waals surface area contributed by atoms with E-state index in [1.54, 1.807) is 11.3 Å². The molecule has 1 N–H and O–H groups in total. The van der Waals surface area contributed by atoms with Gasteiger partial charge in [0.25, 0.3) is 0 Å². The van der Waals surface area contributed by atoms with Crippen LogP contribution in [0.3, 0.4) is 0 Å². The number of aromatic nitrogens is 1. The Kier molecular flexibility index (Phi) is 4.54. The molecule has 2 atom stereocenters. The first kappa shape index (κ1) is 13.0. The van der Waals surface area contributed by atoms with Gasteiger partial charge in [0.05, 0.1) is 16.8 Å². The van der Waals surface area contributed by atoms with Crippen LogP contribution in [0.25, 0.3) is 0 Å². The van der Waals surface area contributed by atoms with E-state index in [0.717, 1.165) is 23.9 Å². The highest BCUT2D eigenvalue weighted by Crippen LogP contribution is 2.24. The fourth-order valence-corrected chi connectivity index (χ4v) is 3.27. The molecule has 1 fully saturated rings. The molecule has 1 aromatic rings. The van der Waals surface area contributed by atoms with E-state index >= 15 is 0 Å². The summed E-state index contributed by atoms with van der Waals surface area (Å²) in [6, 6.07) is 0.381. The Morgan fingerprint density at radius 3 is 2.88 bits per heavy atom. The highest BCUT2D eigenvalue weighted by Gasteiger charge is 2.17. The van der Waals surface area contributed by atoms with E-state index in [1.807, 2.05) is 0 Å². The van der Waals surface area contributed by atoms with E-state index in [4.69, 9.17) is 4.74 Å². The summed E-state index contributed by atoms with van der Waals surface area (Å²) in [5.74, 6) is 0. The fraction of sp³-hybridized carbons (Fsp3) is 0.769. The van der Waals surface area contributed by atoms with Gasteiger partial charge in [-0.1, -0.05) is 0 Å². The van der Waals surface area contributed by atoms with Crippen molar-refractivity contribution in [2.75, 3.05) is 13.2 Å². The Labute approximate surface area is 108 Å². The standard InChI is InChI=1S/C13H22N2OS/c1-9(13-10(2)15-11(3)17-13)14-8-12-6-4-5-7-16-12/h9,12,14H,4-8H2,1-3H3. The average molecular weight is 254 g/mol. The van der Waals surface area contributed by atoms with Crippen molar-refractivity contribution >= 4 is 11.3 Å². The zero-order valence-corrected chi connectivity index (χ0v) is 11.8. The lowest BCUT2D eigenvalue weighted by Crippen LogP contribution is -2.33. The molecule has 96 valence electrons. The monoisotopic (exact) mass is 254 g/mol. The lowest BCUT2D eigenvalue weighted by Gasteiger charge is -2.24. The molecular formula is C13H22N2OS. The fourth-order valence-electron chi connectivity index (χ4n) is 2.32. The van der Waals surface area contributed by atoms with Crippen LogP contribution in [-0.4, -0.2) is 24.2 Å². The number of rotatable bonds is 4. The van der Waals surface area contributed by atoms with Gasteiger partial charge in [0.2, 0.25) is 0 Å². The summed E-state index contributed by atoms with van der Waals surface area (Å²) in [7, 11) is 0. The van der Waals surface area contributed by atoms with Gasteiger partial charge in [0.1, 0.15) is 0 Å². The van der Waals surface area contributed by atoms with Gasteiger partial charge >= 0.3 is 0 Å². The summed E-state index contributed by atoms with van der Waals surface area (Å²) in [5, 5.41) is 4.72. The third kappa shape index (κ3) is 3.50. The summed E-state index contributed by atoms with van der Waals surface area (Å²) in [5.41, 5.74) is 1.16. The van der Waals surface area contributed by atoms with Crippen molar-refractivity contribution in [2.24, 2.45) is 0 Å². The third-order valence-corrected chi connectivity index (χ3v) is 4.51. The Hall–Kier alpha value is -0.450. The molecule has 3 nitrogen and oxygen atoms in total. The Morgan fingerprint density at radius 2 is 2.29 bits per heavy atom. The van der Waals surface area contributed by atoms with E-state index in [0.29, 0.717) is 12.1 Å². The molecule has 2 unspecified atom stereocenters. The van der Waals surface area contributed by atoms with E-state index < -0.39 is 0 Å². The number of ether oxygens (including phenoxy) is 1. The van der Waals surface area contributed by atoms with Crippen molar-refractivity contribution in [3.63, 3.8) is 0 Å². The molecule has 0 saturated carbocycles. The number of hydrogen-bond acceptors (Lipinski definition) is 4. The molecule has 0 spiro atoms. The molecular weight excluding hydrogens is 232 g/mol. The van der Waals surface area contributed by atoms with Crippen molar-refractivity contribution in [1.29, 1.82) is 0 Å². The van der Waals surface area contributed by atoms with E-state index in [9.17, 15) is 0 Å². The second-order valence-corrected chi connectivity index (χ2v) is 6.04. The molecule has 2 heterocycles. The maximum atomic E-state index is 5.72. The van der Waals surface area contributed by atoms with Crippen LogP contribution in [0.15, 0.2) is 0 Å². The molecule has 1 aromatic heterocycles. The van der Waals surface area contributed by atoms with E-state index in [1.165, 1.54) is 24.1 Å². The second-order valence-electron chi connectivity index (χ2n) is 4.80. The van der Waals surface area contributed by atoms with E-state index in [-0.39, 0.29) is 0 Å². The minimum Gasteiger partial charge on any atom is -0.377 e. The van der Waals surface area contributed by atoms with Crippen LogP contribution in [-0.2, 0) is 4.74 Å². The molecule has 17 heavy (non-hydrogen) atoms. The molecule has 1 aliphatic rings. The topological polar surface area (TPSA) is 34.2 Å². The van der Waals surface area contributed by atoms with Gasteiger partial charge < -0.3 is 10.1 Å².